The summed E-state index contributed by atoms with van der Waals surface area (Å²) in [5.74, 6) is 0.729. The molecule has 0 bridgehead atoms. The van der Waals surface area contributed by atoms with E-state index in [2.05, 4.69) is 22.0 Å². The van der Waals surface area contributed by atoms with Gasteiger partial charge in [0.05, 0.1) is 23.8 Å². The second-order valence-corrected chi connectivity index (χ2v) is 7.19. The number of carbonyl (C=O) groups excluding carboxylic acids is 1. The molecule has 2 aliphatic rings. The third kappa shape index (κ3) is 3.84. The number of halogens is 1. The first-order chi connectivity index (χ1) is 12.7. The lowest BCUT2D eigenvalue weighted by Gasteiger charge is -2.28. The van der Waals surface area contributed by atoms with Gasteiger partial charge in [0, 0.05) is 31.9 Å². The van der Waals surface area contributed by atoms with E-state index >= 15 is 0 Å². The van der Waals surface area contributed by atoms with Crippen LogP contribution in [0.25, 0.3) is 0 Å². The monoisotopic (exact) mass is 371 g/mol. The van der Waals surface area contributed by atoms with Crippen LogP contribution in [-0.4, -0.2) is 48.1 Å². The average molecular weight is 372 g/mol. The van der Waals surface area contributed by atoms with E-state index in [0.29, 0.717) is 42.9 Å². The van der Waals surface area contributed by atoms with Gasteiger partial charge in [-0.3, -0.25) is 4.79 Å². The van der Waals surface area contributed by atoms with Crippen LogP contribution in [0.5, 0.6) is 0 Å². The summed E-state index contributed by atoms with van der Waals surface area (Å²) < 4.78 is 5.31. The van der Waals surface area contributed by atoms with Crippen LogP contribution in [0.15, 0.2) is 42.6 Å². The van der Waals surface area contributed by atoms with Crippen molar-refractivity contribution in [2.45, 2.75) is 25.4 Å². The molecule has 5 nitrogen and oxygen atoms in total. The van der Waals surface area contributed by atoms with Crippen molar-refractivity contribution in [1.82, 2.24) is 9.88 Å². The molecule has 4 rings (SSSR count). The Morgan fingerprint density at radius 1 is 1.23 bits per heavy atom. The lowest BCUT2D eigenvalue weighted by molar-refractivity contribution is 0.0302. The molecule has 1 aromatic carbocycles. The summed E-state index contributed by atoms with van der Waals surface area (Å²) in [5, 5.41) is 0.534. The molecule has 2 fully saturated rings. The number of ether oxygens (including phenoxy) is 1. The fourth-order valence-corrected chi connectivity index (χ4v) is 3.53. The Hall–Kier alpha value is -2.11. The number of rotatable bonds is 5. The second-order valence-electron chi connectivity index (χ2n) is 6.78. The van der Waals surface area contributed by atoms with Crippen LogP contribution in [0.3, 0.4) is 0 Å². The van der Waals surface area contributed by atoms with Gasteiger partial charge in [-0.2, -0.15) is 0 Å². The van der Waals surface area contributed by atoms with E-state index in [1.165, 1.54) is 5.56 Å². The molecule has 0 radical (unpaired) electrons. The van der Waals surface area contributed by atoms with Gasteiger partial charge in [-0.1, -0.05) is 41.9 Å². The summed E-state index contributed by atoms with van der Waals surface area (Å²) in [6, 6.07) is 12.5. The van der Waals surface area contributed by atoms with Crippen LogP contribution in [0.2, 0.25) is 5.02 Å². The van der Waals surface area contributed by atoms with Crippen molar-refractivity contribution < 1.29 is 9.53 Å². The summed E-state index contributed by atoms with van der Waals surface area (Å²) in [6.07, 6.45) is 3.96. The van der Waals surface area contributed by atoms with Gasteiger partial charge in [0.2, 0.25) is 0 Å². The standard InChI is InChI=1S/C20H22ClN3O2/c21-18-12-16(20(25)23-8-10-26-11-9-23)13-22-19(18)24(17-6-7-17)14-15-4-2-1-3-5-15/h1-5,12-13,17H,6-11,14H2. The van der Waals surface area contributed by atoms with Gasteiger partial charge in [-0.25, -0.2) is 4.98 Å². The summed E-state index contributed by atoms with van der Waals surface area (Å²) in [4.78, 5) is 21.2. The highest BCUT2D eigenvalue weighted by atomic mass is 35.5. The largest absolute Gasteiger partial charge is 0.378 e. The Morgan fingerprint density at radius 2 is 1.96 bits per heavy atom. The molecule has 136 valence electrons. The van der Waals surface area contributed by atoms with Gasteiger partial charge in [-0.15, -0.1) is 0 Å². The summed E-state index contributed by atoms with van der Waals surface area (Å²) in [7, 11) is 0. The lowest BCUT2D eigenvalue weighted by Crippen LogP contribution is -2.40. The summed E-state index contributed by atoms with van der Waals surface area (Å²) in [5.41, 5.74) is 1.77. The molecule has 0 atom stereocenters. The molecule has 1 aliphatic carbocycles. The molecule has 1 amide bonds. The van der Waals surface area contributed by atoms with Gasteiger partial charge in [-0.05, 0) is 24.5 Å². The normalized spacial score (nSPS) is 17.2. The SMILES string of the molecule is O=C(c1cnc(N(Cc2ccccc2)C2CC2)c(Cl)c1)N1CCOCC1. The lowest BCUT2D eigenvalue weighted by atomic mass is 10.2. The molecule has 6 heteroatoms. The number of carbonyl (C=O) groups is 1. The van der Waals surface area contributed by atoms with E-state index in [9.17, 15) is 4.79 Å². The van der Waals surface area contributed by atoms with E-state index in [-0.39, 0.29) is 5.91 Å². The molecular formula is C20H22ClN3O2. The van der Waals surface area contributed by atoms with E-state index in [1.807, 2.05) is 18.2 Å². The van der Waals surface area contributed by atoms with E-state index in [1.54, 1.807) is 17.2 Å². The highest BCUT2D eigenvalue weighted by molar-refractivity contribution is 6.33. The summed E-state index contributed by atoms with van der Waals surface area (Å²) >= 11 is 6.55. The van der Waals surface area contributed by atoms with E-state index in [4.69, 9.17) is 16.3 Å². The zero-order valence-corrected chi connectivity index (χ0v) is 15.4. The number of hydrogen-bond donors (Lipinski definition) is 0. The molecule has 2 aromatic rings. The average Bonchev–Trinajstić information content (AvgIpc) is 3.52. The number of nitrogens with zero attached hydrogens (tertiary/aromatic N) is 3. The third-order valence-electron chi connectivity index (χ3n) is 4.82. The molecule has 1 saturated heterocycles. The Kier molecular flexibility index (Phi) is 5.09. The molecule has 1 aromatic heterocycles. The van der Waals surface area contributed by atoms with E-state index in [0.717, 1.165) is 25.2 Å². The van der Waals surface area contributed by atoms with Gasteiger partial charge >= 0.3 is 0 Å². The Balaban J connectivity index is 1.55. The fourth-order valence-electron chi connectivity index (χ4n) is 3.25. The number of anilines is 1. The molecule has 1 saturated carbocycles. The minimum Gasteiger partial charge on any atom is -0.378 e. The van der Waals surface area contributed by atoms with E-state index < -0.39 is 0 Å². The number of morpholine rings is 1. The van der Waals surface area contributed by atoms with Crippen molar-refractivity contribution in [1.29, 1.82) is 0 Å². The predicted octanol–water partition coefficient (Wildman–Crippen LogP) is 3.38. The van der Waals surface area contributed by atoms with Gasteiger partial charge in [0.15, 0.2) is 0 Å². The van der Waals surface area contributed by atoms with Gasteiger partial charge in [0.1, 0.15) is 5.82 Å². The molecular weight excluding hydrogens is 350 g/mol. The first-order valence-corrected chi connectivity index (χ1v) is 9.43. The van der Waals surface area contributed by atoms with Crippen molar-refractivity contribution in [3.05, 3.63) is 58.7 Å². The van der Waals surface area contributed by atoms with Crippen LogP contribution >= 0.6 is 11.6 Å². The fraction of sp³-hybridized carbons (Fsp3) is 0.400. The molecule has 2 heterocycles. The Morgan fingerprint density at radius 3 is 2.62 bits per heavy atom. The first kappa shape index (κ1) is 17.3. The highest BCUT2D eigenvalue weighted by Gasteiger charge is 2.31. The maximum Gasteiger partial charge on any atom is 0.255 e. The maximum atomic E-state index is 12.6. The van der Waals surface area contributed by atoms with Crippen molar-refractivity contribution in [3.63, 3.8) is 0 Å². The van der Waals surface area contributed by atoms with Crippen LogP contribution in [-0.2, 0) is 11.3 Å². The summed E-state index contributed by atoms with van der Waals surface area (Å²) in [6.45, 7) is 3.16. The number of amides is 1. The topological polar surface area (TPSA) is 45.7 Å². The zero-order chi connectivity index (χ0) is 17.9. The second kappa shape index (κ2) is 7.64. The molecule has 26 heavy (non-hydrogen) atoms. The number of aromatic nitrogens is 1. The van der Waals surface area contributed by atoms with Crippen molar-refractivity contribution in [2.75, 3.05) is 31.2 Å². The predicted molar refractivity (Wildman–Crippen MR) is 102 cm³/mol. The first-order valence-electron chi connectivity index (χ1n) is 9.05. The van der Waals surface area contributed by atoms with Crippen LogP contribution < -0.4 is 4.90 Å². The quantitative estimate of drug-likeness (QED) is 0.808. The highest BCUT2D eigenvalue weighted by Crippen LogP contribution is 2.36. The minimum absolute atomic E-state index is 0.0321. The molecule has 0 spiro atoms. The Bertz CT molecular complexity index is 774. The van der Waals surface area contributed by atoms with Crippen molar-refractivity contribution in [2.24, 2.45) is 0 Å². The number of hydrogen-bond acceptors (Lipinski definition) is 4. The van der Waals surface area contributed by atoms with Crippen LogP contribution in [0.4, 0.5) is 5.82 Å². The number of pyridine rings is 1. The maximum absolute atomic E-state index is 12.6. The van der Waals surface area contributed by atoms with Crippen LogP contribution in [0, 0.1) is 0 Å². The van der Waals surface area contributed by atoms with Crippen LogP contribution in [0.1, 0.15) is 28.8 Å². The number of benzene rings is 1. The van der Waals surface area contributed by atoms with Gasteiger partial charge < -0.3 is 14.5 Å². The van der Waals surface area contributed by atoms with Gasteiger partial charge in [0.25, 0.3) is 5.91 Å². The van der Waals surface area contributed by atoms with Crippen molar-refractivity contribution >= 4 is 23.3 Å². The molecule has 1 aliphatic heterocycles. The smallest absolute Gasteiger partial charge is 0.255 e. The Labute approximate surface area is 158 Å². The zero-order valence-electron chi connectivity index (χ0n) is 14.6. The third-order valence-corrected chi connectivity index (χ3v) is 5.10. The molecule has 0 N–H and O–H groups in total. The van der Waals surface area contributed by atoms with Crippen molar-refractivity contribution in [3.8, 4) is 0 Å². The minimum atomic E-state index is -0.0321. The molecule has 0 unspecified atom stereocenters.